The molecule has 3 heterocycles. The second-order valence-corrected chi connectivity index (χ2v) is 5.36. The van der Waals surface area contributed by atoms with Crippen molar-refractivity contribution in [1.29, 1.82) is 0 Å². The fraction of sp³-hybridized carbons (Fsp3) is 0.125. The van der Waals surface area contributed by atoms with E-state index >= 15 is 0 Å². The van der Waals surface area contributed by atoms with E-state index in [0.717, 1.165) is 33.5 Å². The molecule has 0 atom stereocenters. The van der Waals surface area contributed by atoms with Crippen molar-refractivity contribution < 1.29 is 0 Å². The van der Waals surface area contributed by atoms with Crippen molar-refractivity contribution in [1.82, 2.24) is 24.8 Å². The van der Waals surface area contributed by atoms with Gasteiger partial charge in [0.2, 0.25) is 0 Å². The third-order valence-corrected chi connectivity index (χ3v) is 3.69. The lowest BCUT2D eigenvalue weighted by Gasteiger charge is -2.05. The molecule has 3 aromatic heterocycles. The second kappa shape index (κ2) is 4.49. The van der Waals surface area contributed by atoms with Gasteiger partial charge in [0.1, 0.15) is 0 Å². The summed E-state index contributed by atoms with van der Waals surface area (Å²) < 4.78 is 1.79. The zero-order valence-electron chi connectivity index (χ0n) is 12.2. The van der Waals surface area contributed by atoms with Gasteiger partial charge in [-0.3, -0.25) is 4.79 Å². The minimum atomic E-state index is -0.186. The molecule has 0 spiro atoms. The topological polar surface area (TPSA) is 75.9 Å². The van der Waals surface area contributed by atoms with Gasteiger partial charge in [0.15, 0.2) is 5.65 Å². The molecule has 0 bridgehead atoms. The van der Waals surface area contributed by atoms with Crippen molar-refractivity contribution in [2.45, 2.75) is 13.8 Å². The van der Waals surface area contributed by atoms with E-state index in [4.69, 9.17) is 0 Å². The first-order valence-corrected chi connectivity index (χ1v) is 6.93. The average molecular weight is 291 g/mol. The Balaban J connectivity index is 1.96. The number of nitrogens with zero attached hydrogens (tertiary/aromatic N) is 4. The summed E-state index contributed by atoms with van der Waals surface area (Å²) in [5.41, 5.74) is 4.44. The molecule has 0 saturated carbocycles. The molecule has 22 heavy (non-hydrogen) atoms. The van der Waals surface area contributed by atoms with E-state index in [-0.39, 0.29) is 5.56 Å². The van der Waals surface area contributed by atoms with Gasteiger partial charge >= 0.3 is 0 Å². The van der Waals surface area contributed by atoms with Crippen molar-refractivity contribution in [3.05, 3.63) is 58.3 Å². The third-order valence-electron chi connectivity index (χ3n) is 3.69. The van der Waals surface area contributed by atoms with Gasteiger partial charge in [-0.1, -0.05) is 6.07 Å². The van der Waals surface area contributed by atoms with Crippen LogP contribution in [0.1, 0.15) is 11.3 Å². The zero-order valence-corrected chi connectivity index (χ0v) is 12.2. The predicted molar refractivity (Wildman–Crippen MR) is 83.8 cm³/mol. The van der Waals surface area contributed by atoms with Crippen LogP contribution in [-0.4, -0.2) is 24.8 Å². The predicted octanol–water partition coefficient (Wildman–Crippen LogP) is 2.25. The van der Waals surface area contributed by atoms with Crippen LogP contribution in [0.2, 0.25) is 0 Å². The molecular formula is C16H13N5O. The molecule has 0 aliphatic rings. The minimum Gasteiger partial charge on any atom is -0.267 e. The van der Waals surface area contributed by atoms with Crippen LogP contribution >= 0.6 is 0 Å². The van der Waals surface area contributed by atoms with Crippen molar-refractivity contribution in [2.24, 2.45) is 0 Å². The molecule has 0 aliphatic heterocycles. The first-order chi connectivity index (χ1) is 10.6. The molecule has 4 aromatic rings. The molecule has 0 aliphatic carbocycles. The number of hydrogen-bond donors (Lipinski definition) is 1. The fourth-order valence-corrected chi connectivity index (χ4v) is 2.64. The Morgan fingerprint density at radius 2 is 2.05 bits per heavy atom. The standard InChI is InChI=1S/C16H13N5O/c1-9-5-14(20-21-8-10(2)18-15(9)21)11-3-4-13-12(6-11)7-17-19-16(13)22/h3-8H,1-2H3,(H,19,22). The molecule has 0 radical (unpaired) electrons. The van der Waals surface area contributed by atoms with Gasteiger partial charge in [-0.2, -0.15) is 10.2 Å². The number of rotatable bonds is 1. The van der Waals surface area contributed by atoms with Gasteiger partial charge in [0.25, 0.3) is 5.56 Å². The number of imidazole rings is 1. The first-order valence-electron chi connectivity index (χ1n) is 6.93. The summed E-state index contributed by atoms with van der Waals surface area (Å²) in [5, 5.41) is 12.3. The summed E-state index contributed by atoms with van der Waals surface area (Å²) in [4.78, 5) is 16.2. The Labute approximate surface area is 125 Å². The van der Waals surface area contributed by atoms with Gasteiger partial charge in [-0.05, 0) is 37.6 Å². The average Bonchev–Trinajstić information content (AvgIpc) is 2.88. The molecular weight excluding hydrogens is 278 g/mol. The van der Waals surface area contributed by atoms with Crippen LogP contribution in [0.3, 0.4) is 0 Å². The quantitative estimate of drug-likeness (QED) is 0.583. The van der Waals surface area contributed by atoms with E-state index in [1.165, 1.54) is 0 Å². The van der Waals surface area contributed by atoms with Crippen molar-refractivity contribution in [3.8, 4) is 11.3 Å². The van der Waals surface area contributed by atoms with Gasteiger partial charge in [0, 0.05) is 10.9 Å². The molecule has 6 heteroatoms. The monoisotopic (exact) mass is 291 g/mol. The minimum absolute atomic E-state index is 0.186. The SMILES string of the molecule is Cc1cn2nc(-c3ccc4c(=O)[nH]ncc4c3)cc(C)c2n1. The number of nitrogens with one attached hydrogen (secondary N) is 1. The maximum absolute atomic E-state index is 11.7. The Morgan fingerprint density at radius 3 is 2.91 bits per heavy atom. The highest BCUT2D eigenvalue weighted by atomic mass is 16.1. The van der Waals surface area contributed by atoms with E-state index in [0.29, 0.717) is 5.39 Å². The van der Waals surface area contributed by atoms with Crippen LogP contribution in [0.15, 0.2) is 41.5 Å². The lowest BCUT2D eigenvalue weighted by Crippen LogP contribution is -2.07. The zero-order chi connectivity index (χ0) is 15.3. The summed E-state index contributed by atoms with van der Waals surface area (Å²) in [6.45, 7) is 3.96. The molecule has 4 rings (SSSR count). The van der Waals surface area contributed by atoms with Gasteiger partial charge in [-0.15, -0.1) is 0 Å². The maximum Gasteiger partial charge on any atom is 0.272 e. The van der Waals surface area contributed by atoms with Crippen LogP contribution in [0.25, 0.3) is 27.7 Å². The van der Waals surface area contributed by atoms with E-state index in [1.807, 2.05) is 38.2 Å². The van der Waals surface area contributed by atoms with Crippen molar-refractivity contribution in [2.75, 3.05) is 0 Å². The Hall–Kier alpha value is -3.02. The smallest absolute Gasteiger partial charge is 0.267 e. The molecule has 0 saturated heterocycles. The molecule has 6 nitrogen and oxygen atoms in total. The van der Waals surface area contributed by atoms with Crippen LogP contribution in [0.5, 0.6) is 0 Å². The van der Waals surface area contributed by atoms with E-state index in [2.05, 4.69) is 20.3 Å². The van der Waals surface area contributed by atoms with Crippen molar-refractivity contribution in [3.63, 3.8) is 0 Å². The van der Waals surface area contributed by atoms with Crippen LogP contribution in [-0.2, 0) is 0 Å². The number of aryl methyl sites for hydroxylation is 2. The number of benzene rings is 1. The number of H-pyrrole nitrogens is 1. The number of aromatic amines is 1. The molecule has 0 fully saturated rings. The highest BCUT2D eigenvalue weighted by molar-refractivity contribution is 5.85. The third kappa shape index (κ3) is 1.88. The normalized spacial score (nSPS) is 11.4. The molecule has 108 valence electrons. The number of aromatic nitrogens is 5. The highest BCUT2D eigenvalue weighted by Crippen LogP contribution is 2.23. The largest absolute Gasteiger partial charge is 0.272 e. The summed E-state index contributed by atoms with van der Waals surface area (Å²) >= 11 is 0. The summed E-state index contributed by atoms with van der Waals surface area (Å²) in [5.74, 6) is 0. The van der Waals surface area contributed by atoms with Crippen molar-refractivity contribution >= 4 is 16.4 Å². The maximum atomic E-state index is 11.7. The Morgan fingerprint density at radius 1 is 1.18 bits per heavy atom. The van der Waals surface area contributed by atoms with Crippen LogP contribution < -0.4 is 5.56 Å². The Kier molecular flexibility index (Phi) is 2.59. The molecule has 0 amide bonds. The number of fused-ring (bicyclic) bond motifs is 2. The lowest BCUT2D eigenvalue weighted by molar-refractivity contribution is 0.933. The first kappa shape index (κ1) is 12.7. The highest BCUT2D eigenvalue weighted by Gasteiger charge is 2.08. The van der Waals surface area contributed by atoms with E-state index < -0.39 is 0 Å². The molecule has 0 unspecified atom stereocenters. The van der Waals surface area contributed by atoms with Crippen LogP contribution in [0, 0.1) is 13.8 Å². The van der Waals surface area contributed by atoms with E-state index in [9.17, 15) is 4.79 Å². The van der Waals surface area contributed by atoms with Gasteiger partial charge in [0.05, 0.1) is 29.2 Å². The summed E-state index contributed by atoms with van der Waals surface area (Å²) in [6, 6.07) is 7.62. The molecule has 1 N–H and O–H groups in total. The van der Waals surface area contributed by atoms with Gasteiger partial charge in [-0.25, -0.2) is 14.6 Å². The molecule has 1 aromatic carbocycles. The second-order valence-electron chi connectivity index (χ2n) is 5.36. The Bertz CT molecular complexity index is 1080. The van der Waals surface area contributed by atoms with Gasteiger partial charge < -0.3 is 0 Å². The summed E-state index contributed by atoms with van der Waals surface area (Å²) in [7, 11) is 0. The van der Waals surface area contributed by atoms with E-state index in [1.54, 1.807) is 16.8 Å². The fourth-order valence-electron chi connectivity index (χ4n) is 2.64. The van der Waals surface area contributed by atoms with Crippen LogP contribution in [0.4, 0.5) is 0 Å². The summed E-state index contributed by atoms with van der Waals surface area (Å²) in [6.07, 6.45) is 3.55. The number of hydrogen-bond acceptors (Lipinski definition) is 4. The lowest BCUT2D eigenvalue weighted by atomic mass is 10.1.